The quantitative estimate of drug-likeness (QED) is 0.790. The summed E-state index contributed by atoms with van der Waals surface area (Å²) in [6.45, 7) is 1.94. The molecule has 0 saturated carbocycles. The monoisotopic (exact) mass is 278 g/mol. The number of hydrogen-bond donors (Lipinski definition) is 1. The lowest BCUT2D eigenvalue weighted by Crippen LogP contribution is -2.11. The first-order valence-electron chi connectivity index (χ1n) is 6.62. The third-order valence-corrected chi connectivity index (χ3v) is 3.14. The number of hydrogen-bond acceptors (Lipinski definition) is 3. The van der Waals surface area contributed by atoms with Crippen LogP contribution < -0.4 is 5.32 Å². The Kier molecular flexibility index (Phi) is 3.51. The minimum absolute atomic E-state index is 0.192. The standard InChI is InChI=1S/C17H14N2O2/c1-12-7-5-6-10-14(12)19-16(20)15-11-18-17(21-15)13-8-3-2-4-9-13/h2-11H,1H3,(H,19,20). The molecule has 2 aromatic carbocycles. The second-order valence-electron chi connectivity index (χ2n) is 4.66. The van der Waals surface area contributed by atoms with E-state index >= 15 is 0 Å². The molecule has 0 atom stereocenters. The highest BCUT2D eigenvalue weighted by molar-refractivity contribution is 6.02. The van der Waals surface area contributed by atoms with Gasteiger partial charge in [-0.3, -0.25) is 4.79 Å². The Balaban J connectivity index is 1.80. The molecule has 4 nitrogen and oxygen atoms in total. The third-order valence-electron chi connectivity index (χ3n) is 3.14. The Bertz CT molecular complexity index is 763. The van der Waals surface area contributed by atoms with E-state index in [1.807, 2.05) is 61.5 Å². The Morgan fingerprint density at radius 3 is 2.52 bits per heavy atom. The van der Waals surface area contributed by atoms with E-state index in [1.54, 1.807) is 0 Å². The number of nitrogens with one attached hydrogen (secondary N) is 1. The summed E-state index contributed by atoms with van der Waals surface area (Å²) in [5.41, 5.74) is 2.60. The molecule has 104 valence electrons. The predicted octanol–water partition coefficient (Wildman–Crippen LogP) is 3.90. The van der Waals surface area contributed by atoms with Crippen molar-refractivity contribution >= 4 is 11.6 Å². The molecule has 0 fully saturated rings. The summed E-state index contributed by atoms with van der Waals surface area (Å²) in [5.74, 6) is 0.321. The second-order valence-corrected chi connectivity index (χ2v) is 4.66. The van der Waals surface area contributed by atoms with Crippen molar-refractivity contribution in [3.05, 3.63) is 72.1 Å². The zero-order valence-electron chi connectivity index (χ0n) is 11.5. The SMILES string of the molecule is Cc1ccccc1NC(=O)c1cnc(-c2ccccc2)o1. The van der Waals surface area contributed by atoms with E-state index in [0.717, 1.165) is 16.8 Å². The highest BCUT2D eigenvalue weighted by Crippen LogP contribution is 2.20. The number of rotatable bonds is 3. The van der Waals surface area contributed by atoms with Crippen LogP contribution in [0.4, 0.5) is 5.69 Å². The topological polar surface area (TPSA) is 55.1 Å². The Morgan fingerprint density at radius 2 is 1.76 bits per heavy atom. The molecular formula is C17H14N2O2. The molecule has 4 heteroatoms. The molecule has 3 rings (SSSR count). The zero-order valence-corrected chi connectivity index (χ0v) is 11.5. The van der Waals surface area contributed by atoms with Gasteiger partial charge in [0, 0.05) is 11.3 Å². The van der Waals surface area contributed by atoms with Gasteiger partial charge in [0.15, 0.2) is 0 Å². The molecule has 1 aromatic heterocycles. The molecule has 0 radical (unpaired) electrons. The molecule has 0 aliphatic rings. The summed E-state index contributed by atoms with van der Waals surface area (Å²) in [6.07, 6.45) is 1.44. The van der Waals surface area contributed by atoms with E-state index in [4.69, 9.17) is 4.42 Å². The van der Waals surface area contributed by atoms with Gasteiger partial charge < -0.3 is 9.73 Å². The molecule has 0 aliphatic carbocycles. The van der Waals surface area contributed by atoms with Crippen LogP contribution in [0.25, 0.3) is 11.5 Å². The van der Waals surface area contributed by atoms with Crippen molar-refractivity contribution in [3.8, 4) is 11.5 Å². The largest absolute Gasteiger partial charge is 0.431 e. The molecule has 21 heavy (non-hydrogen) atoms. The van der Waals surface area contributed by atoms with Crippen LogP contribution in [-0.2, 0) is 0 Å². The lowest BCUT2D eigenvalue weighted by molar-refractivity contribution is 0.0997. The molecule has 0 saturated heterocycles. The number of oxazole rings is 1. The van der Waals surface area contributed by atoms with Gasteiger partial charge in [-0.2, -0.15) is 0 Å². The number of carbonyl (C=O) groups excluding carboxylic acids is 1. The fourth-order valence-corrected chi connectivity index (χ4v) is 1.99. The van der Waals surface area contributed by atoms with E-state index in [9.17, 15) is 4.79 Å². The Morgan fingerprint density at radius 1 is 1.05 bits per heavy atom. The van der Waals surface area contributed by atoms with Crippen LogP contribution in [0.1, 0.15) is 16.1 Å². The number of anilines is 1. The maximum absolute atomic E-state index is 12.2. The first-order valence-corrected chi connectivity index (χ1v) is 6.62. The maximum atomic E-state index is 12.2. The normalized spacial score (nSPS) is 10.3. The molecule has 0 aliphatic heterocycles. The number of aromatic nitrogens is 1. The van der Waals surface area contributed by atoms with Crippen molar-refractivity contribution in [3.63, 3.8) is 0 Å². The van der Waals surface area contributed by atoms with E-state index in [-0.39, 0.29) is 11.7 Å². The smallest absolute Gasteiger partial charge is 0.293 e. The molecule has 0 bridgehead atoms. The number of carbonyl (C=O) groups is 1. The van der Waals surface area contributed by atoms with Crippen LogP contribution in [0.15, 0.2) is 65.2 Å². The van der Waals surface area contributed by atoms with Crippen LogP contribution in [0.3, 0.4) is 0 Å². The summed E-state index contributed by atoms with van der Waals surface area (Å²) < 4.78 is 5.52. The first kappa shape index (κ1) is 13.1. The van der Waals surface area contributed by atoms with Crippen molar-refractivity contribution < 1.29 is 9.21 Å². The molecular weight excluding hydrogens is 264 g/mol. The van der Waals surface area contributed by atoms with Gasteiger partial charge in [-0.05, 0) is 30.7 Å². The number of nitrogens with zero attached hydrogens (tertiary/aromatic N) is 1. The van der Waals surface area contributed by atoms with Gasteiger partial charge in [0.25, 0.3) is 5.91 Å². The molecule has 0 unspecified atom stereocenters. The van der Waals surface area contributed by atoms with Gasteiger partial charge in [0.2, 0.25) is 11.7 Å². The van der Waals surface area contributed by atoms with Gasteiger partial charge in [-0.1, -0.05) is 36.4 Å². The zero-order chi connectivity index (χ0) is 14.7. The van der Waals surface area contributed by atoms with E-state index < -0.39 is 0 Å². The van der Waals surface area contributed by atoms with Crippen LogP contribution in [0.2, 0.25) is 0 Å². The van der Waals surface area contributed by atoms with E-state index in [2.05, 4.69) is 10.3 Å². The molecule has 1 N–H and O–H groups in total. The average Bonchev–Trinajstić information content (AvgIpc) is 3.00. The van der Waals surface area contributed by atoms with E-state index in [1.165, 1.54) is 6.20 Å². The average molecular weight is 278 g/mol. The van der Waals surface area contributed by atoms with Gasteiger partial charge in [0.05, 0.1) is 6.20 Å². The maximum Gasteiger partial charge on any atom is 0.293 e. The number of para-hydroxylation sites is 1. The van der Waals surface area contributed by atoms with Gasteiger partial charge in [-0.25, -0.2) is 4.98 Å². The first-order chi connectivity index (χ1) is 10.2. The van der Waals surface area contributed by atoms with Crippen molar-refractivity contribution in [2.75, 3.05) is 5.32 Å². The van der Waals surface area contributed by atoms with Crippen molar-refractivity contribution in [1.82, 2.24) is 4.98 Å². The lowest BCUT2D eigenvalue weighted by atomic mass is 10.2. The van der Waals surface area contributed by atoms with Crippen LogP contribution >= 0.6 is 0 Å². The van der Waals surface area contributed by atoms with Crippen LogP contribution in [0.5, 0.6) is 0 Å². The molecule has 1 heterocycles. The molecule has 1 amide bonds. The Hall–Kier alpha value is -2.88. The lowest BCUT2D eigenvalue weighted by Gasteiger charge is -2.05. The summed E-state index contributed by atoms with van der Waals surface area (Å²) in [7, 11) is 0. The number of amides is 1. The van der Waals surface area contributed by atoms with Gasteiger partial charge in [-0.15, -0.1) is 0 Å². The van der Waals surface area contributed by atoms with Gasteiger partial charge in [0.1, 0.15) is 0 Å². The predicted molar refractivity (Wildman–Crippen MR) is 81.1 cm³/mol. The summed E-state index contributed by atoms with van der Waals surface area (Å²) in [6, 6.07) is 17.1. The summed E-state index contributed by atoms with van der Waals surface area (Å²) in [5, 5.41) is 2.82. The van der Waals surface area contributed by atoms with E-state index in [0.29, 0.717) is 5.89 Å². The van der Waals surface area contributed by atoms with Crippen molar-refractivity contribution in [2.24, 2.45) is 0 Å². The Labute approximate surface area is 122 Å². The van der Waals surface area contributed by atoms with Crippen molar-refractivity contribution in [2.45, 2.75) is 6.92 Å². The van der Waals surface area contributed by atoms with Crippen molar-refractivity contribution in [1.29, 1.82) is 0 Å². The van der Waals surface area contributed by atoms with Crippen LogP contribution in [-0.4, -0.2) is 10.9 Å². The minimum Gasteiger partial charge on any atom is -0.431 e. The number of aryl methyl sites for hydroxylation is 1. The minimum atomic E-state index is -0.306. The highest BCUT2D eigenvalue weighted by atomic mass is 16.4. The summed E-state index contributed by atoms with van der Waals surface area (Å²) >= 11 is 0. The summed E-state index contributed by atoms with van der Waals surface area (Å²) in [4.78, 5) is 16.3. The van der Waals surface area contributed by atoms with Gasteiger partial charge >= 0.3 is 0 Å². The van der Waals surface area contributed by atoms with Crippen LogP contribution in [0, 0.1) is 6.92 Å². The number of benzene rings is 2. The highest BCUT2D eigenvalue weighted by Gasteiger charge is 2.14. The second kappa shape index (κ2) is 5.63. The molecule has 3 aromatic rings. The fraction of sp³-hybridized carbons (Fsp3) is 0.0588. The fourth-order valence-electron chi connectivity index (χ4n) is 1.99. The third kappa shape index (κ3) is 2.84. The molecule has 0 spiro atoms.